The summed E-state index contributed by atoms with van der Waals surface area (Å²) in [4.78, 5) is 0. The molecule has 4 N–H and O–H groups in total. The van der Waals surface area contributed by atoms with Crippen molar-refractivity contribution in [1.82, 2.24) is 5.01 Å². The number of piperidine rings is 1. The Hall–Kier alpha value is -1.68. The van der Waals surface area contributed by atoms with E-state index in [2.05, 4.69) is 39.5 Å². The molecule has 1 fully saturated rings. The molecular weight excluding hydrogens is 222 g/mol. The average molecular weight is 243 g/mol. The van der Waals surface area contributed by atoms with Gasteiger partial charge in [-0.3, -0.25) is 5.84 Å². The normalized spacial score (nSPS) is 23.4. The third kappa shape index (κ3) is 1.42. The van der Waals surface area contributed by atoms with E-state index in [-0.39, 0.29) is 0 Å². The molecule has 0 aromatic rings. The monoisotopic (exact) mass is 243 g/mol. The van der Waals surface area contributed by atoms with Crippen molar-refractivity contribution in [2.75, 3.05) is 0 Å². The van der Waals surface area contributed by atoms with Crippen LogP contribution in [0.25, 0.3) is 0 Å². The number of hydrazine groups is 1. The molecule has 18 heavy (non-hydrogen) atoms. The van der Waals surface area contributed by atoms with Crippen LogP contribution in [0.15, 0.2) is 74.9 Å². The first kappa shape index (κ1) is 14.4. The predicted octanol–water partition coefficient (Wildman–Crippen LogP) is 1.84. The molecule has 1 aliphatic heterocycles. The van der Waals surface area contributed by atoms with E-state index in [1.165, 1.54) is 5.01 Å². The zero-order chi connectivity index (χ0) is 14.1. The van der Waals surface area contributed by atoms with Crippen LogP contribution in [-0.4, -0.2) is 22.1 Å². The van der Waals surface area contributed by atoms with Gasteiger partial charge in [-0.2, -0.15) is 0 Å². The summed E-state index contributed by atoms with van der Waals surface area (Å²) in [6.07, 6.45) is 6.65. The summed E-state index contributed by atoms with van der Waals surface area (Å²) in [6, 6.07) is -0.434. The fraction of sp³-hybridized carbons (Fsp3) is 0.200. The molecule has 1 heterocycles. The maximum Gasteiger partial charge on any atom is 0.0949 e. The fourth-order valence-electron chi connectivity index (χ4n) is 2.41. The highest BCUT2D eigenvalue weighted by atomic mass is 15.5. The summed E-state index contributed by atoms with van der Waals surface area (Å²) >= 11 is 0. The van der Waals surface area contributed by atoms with Crippen LogP contribution in [0.4, 0.5) is 0 Å². The summed E-state index contributed by atoms with van der Waals surface area (Å²) in [7, 11) is 0. The Balaban J connectivity index is 3.61. The molecule has 1 aliphatic rings. The third-order valence-electron chi connectivity index (χ3n) is 3.82. The number of hydrogen-bond acceptors (Lipinski definition) is 3. The van der Waals surface area contributed by atoms with Crippen LogP contribution in [0.5, 0.6) is 0 Å². The Labute approximate surface area is 109 Å². The van der Waals surface area contributed by atoms with Crippen molar-refractivity contribution in [3.63, 3.8) is 0 Å². The van der Waals surface area contributed by atoms with Crippen LogP contribution >= 0.6 is 0 Å². The summed E-state index contributed by atoms with van der Waals surface area (Å²) in [5, 5.41) is 1.54. The largest absolute Gasteiger partial charge is 0.321 e. The van der Waals surface area contributed by atoms with Gasteiger partial charge in [-0.1, -0.05) is 37.5 Å². The molecule has 3 nitrogen and oxygen atoms in total. The lowest BCUT2D eigenvalue weighted by atomic mass is 9.70. The second-order valence-electron chi connectivity index (χ2n) is 4.37. The maximum absolute atomic E-state index is 6.25. The van der Waals surface area contributed by atoms with Gasteiger partial charge in [-0.05, 0) is 11.1 Å². The first-order valence-corrected chi connectivity index (χ1v) is 5.61. The Morgan fingerprint density at radius 3 is 1.39 bits per heavy atom. The molecule has 0 spiro atoms. The van der Waals surface area contributed by atoms with E-state index >= 15 is 0 Å². The van der Waals surface area contributed by atoms with Crippen LogP contribution in [0.1, 0.15) is 0 Å². The molecule has 0 aliphatic carbocycles. The van der Waals surface area contributed by atoms with Crippen LogP contribution in [0.2, 0.25) is 0 Å². The fourth-order valence-corrected chi connectivity index (χ4v) is 2.41. The van der Waals surface area contributed by atoms with E-state index in [1.807, 2.05) is 0 Å². The molecule has 0 bridgehead atoms. The van der Waals surface area contributed by atoms with Gasteiger partial charge in [-0.15, -0.1) is 26.3 Å². The van der Waals surface area contributed by atoms with Crippen molar-refractivity contribution < 1.29 is 0 Å². The second-order valence-corrected chi connectivity index (χ2v) is 4.37. The highest BCUT2D eigenvalue weighted by Crippen LogP contribution is 2.43. The zero-order valence-corrected chi connectivity index (χ0v) is 10.7. The Morgan fingerprint density at radius 1 is 0.889 bits per heavy atom. The van der Waals surface area contributed by atoms with E-state index in [1.54, 1.807) is 24.3 Å². The quantitative estimate of drug-likeness (QED) is 0.585. The smallest absolute Gasteiger partial charge is 0.0949 e. The van der Waals surface area contributed by atoms with E-state index < -0.39 is 17.1 Å². The number of nitrogens with zero attached hydrogens (tertiary/aromatic N) is 1. The third-order valence-corrected chi connectivity index (χ3v) is 3.82. The topological polar surface area (TPSA) is 55.3 Å². The molecule has 0 radical (unpaired) electrons. The van der Waals surface area contributed by atoms with Crippen molar-refractivity contribution in [3.8, 4) is 0 Å². The van der Waals surface area contributed by atoms with Gasteiger partial charge in [0.2, 0.25) is 0 Å². The minimum atomic E-state index is -0.816. The van der Waals surface area contributed by atoms with Gasteiger partial charge in [-0.25, -0.2) is 5.01 Å². The molecule has 0 unspecified atom stereocenters. The summed E-state index contributed by atoms with van der Waals surface area (Å²) in [5.74, 6) is 6.25. The second kappa shape index (κ2) is 4.53. The molecule has 0 aromatic carbocycles. The lowest BCUT2D eigenvalue weighted by Gasteiger charge is -2.55. The number of hydrogen-bond donors (Lipinski definition) is 2. The van der Waals surface area contributed by atoms with Crippen LogP contribution in [0.3, 0.4) is 0 Å². The van der Waals surface area contributed by atoms with E-state index in [0.29, 0.717) is 11.1 Å². The minimum Gasteiger partial charge on any atom is -0.321 e. The molecule has 0 atom stereocenters. The first-order chi connectivity index (χ1) is 8.37. The van der Waals surface area contributed by atoms with Crippen molar-refractivity contribution in [1.29, 1.82) is 0 Å². The maximum atomic E-state index is 6.25. The van der Waals surface area contributed by atoms with Gasteiger partial charge >= 0.3 is 0 Å². The summed E-state index contributed by atoms with van der Waals surface area (Å²) in [6.45, 7) is 23.3. The molecule has 0 aromatic heterocycles. The number of rotatable bonds is 4. The highest BCUT2D eigenvalue weighted by Gasteiger charge is 2.51. The molecule has 1 saturated heterocycles. The van der Waals surface area contributed by atoms with Gasteiger partial charge in [0.1, 0.15) is 0 Å². The summed E-state index contributed by atoms with van der Waals surface area (Å²) in [5.41, 5.74) is 5.89. The van der Waals surface area contributed by atoms with Gasteiger partial charge in [0, 0.05) is 0 Å². The van der Waals surface area contributed by atoms with Crippen molar-refractivity contribution in [2.45, 2.75) is 17.1 Å². The molecule has 1 rings (SSSR count). The molecule has 0 saturated carbocycles. The van der Waals surface area contributed by atoms with Crippen LogP contribution < -0.4 is 11.6 Å². The van der Waals surface area contributed by atoms with E-state index in [4.69, 9.17) is 11.6 Å². The lowest BCUT2D eigenvalue weighted by molar-refractivity contribution is 0.110. The minimum absolute atomic E-state index is 0.434. The lowest BCUT2D eigenvalue weighted by Crippen LogP contribution is -2.69. The van der Waals surface area contributed by atoms with Gasteiger partial charge < -0.3 is 5.73 Å². The van der Waals surface area contributed by atoms with Crippen molar-refractivity contribution in [3.05, 3.63) is 74.9 Å². The Bertz CT molecular complexity index is 389. The Morgan fingerprint density at radius 2 is 1.17 bits per heavy atom. The van der Waals surface area contributed by atoms with Crippen molar-refractivity contribution in [2.24, 2.45) is 11.6 Å². The highest BCUT2D eigenvalue weighted by molar-refractivity contribution is 5.53. The van der Waals surface area contributed by atoms with E-state index in [9.17, 15) is 0 Å². The zero-order valence-electron chi connectivity index (χ0n) is 10.7. The Kier molecular flexibility index (Phi) is 3.62. The van der Waals surface area contributed by atoms with Gasteiger partial charge in [0.15, 0.2) is 0 Å². The number of nitrogens with two attached hydrogens (primary N) is 2. The molecule has 96 valence electrons. The van der Waals surface area contributed by atoms with Crippen molar-refractivity contribution >= 4 is 0 Å². The average Bonchev–Trinajstić information content (AvgIpc) is 2.40. The summed E-state index contributed by atoms with van der Waals surface area (Å²) < 4.78 is 0. The first-order valence-electron chi connectivity index (χ1n) is 5.61. The molecule has 0 amide bonds. The standard InChI is InChI=1S/C15H21N3/c1-7-14(8-2)11(5)13(16)12(6)15(9-3,10-4)18(14)17/h7-10,13H,1-6,16-17H2. The van der Waals surface area contributed by atoms with Crippen LogP contribution in [-0.2, 0) is 0 Å². The molecule has 3 heteroatoms. The van der Waals surface area contributed by atoms with Gasteiger partial charge in [0.05, 0.1) is 17.1 Å². The predicted molar refractivity (Wildman–Crippen MR) is 78.5 cm³/mol. The van der Waals surface area contributed by atoms with E-state index in [0.717, 1.165) is 0 Å². The SMILES string of the molecule is C=CC1(C=C)C(=C)C(N)C(=C)C(C=C)(C=C)N1N. The van der Waals surface area contributed by atoms with Crippen LogP contribution in [0, 0.1) is 0 Å². The van der Waals surface area contributed by atoms with Gasteiger partial charge in [0.25, 0.3) is 0 Å². The molecular formula is C15H21N3.